The number of carbonyl (C=O) groups is 1. The summed E-state index contributed by atoms with van der Waals surface area (Å²) in [7, 11) is 0. The Labute approximate surface area is 130 Å². The average molecular weight is 309 g/mol. The number of ether oxygens (including phenoxy) is 2. The van der Waals surface area contributed by atoms with E-state index in [9.17, 15) is 4.79 Å². The van der Waals surface area contributed by atoms with Crippen molar-refractivity contribution in [2.45, 2.75) is 26.5 Å². The molecule has 7 heteroatoms. The summed E-state index contributed by atoms with van der Waals surface area (Å²) in [5, 5.41) is 3.99. The average Bonchev–Trinajstić information content (AvgIpc) is 2.88. The van der Waals surface area contributed by atoms with Gasteiger partial charge in [-0.2, -0.15) is 0 Å². The lowest BCUT2D eigenvalue weighted by Crippen LogP contribution is -2.53. The van der Waals surface area contributed by atoms with E-state index in [0.29, 0.717) is 19.8 Å². The van der Waals surface area contributed by atoms with Crippen LogP contribution in [0, 0.1) is 13.8 Å². The van der Waals surface area contributed by atoms with Gasteiger partial charge in [-0.05, 0) is 13.8 Å². The van der Waals surface area contributed by atoms with Crippen LogP contribution in [0.15, 0.2) is 4.52 Å². The Morgan fingerprint density at radius 2 is 2.00 bits per heavy atom. The van der Waals surface area contributed by atoms with Crippen LogP contribution in [-0.4, -0.2) is 73.0 Å². The molecule has 0 spiro atoms. The molecule has 0 N–H and O–H groups in total. The molecule has 0 bridgehead atoms. The van der Waals surface area contributed by atoms with Crippen molar-refractivity contribution < 1.29 is 18.8 Å². The van der Waals surface area contributed by atoms with Crippen molar-refractivity contribution in [1.29, 1.82) is 0 Å². The molecule has 0 saturated carbocycles. The Hall–Kier alpha value is -1.44. The van der Waals surface area contributed by atoms with Crippen LogP contribution in [0.25, 0.3) is 0 Å². The van der Waals surface area contributed by atoms with Gasteiger partial charge < -0.3 is 18.9 Å². The van der Waals surface area contributed by atoms with E-state index in [1.54, 1.807) is 0 Å². The van der Waals surface area contributed by atoms with Gasteiger partial charge in [-0.15, -0.1) is 0 Å². The summed E-state index contributed by atoms with van der Waals surface area (Å²) in [4.78, 5) is 16.6. The van der Waals surface area contributed by atoms with E-state index < -0.39 is 6.10 Å². The molecule has 0 aromatic carbocycles. The summed E-state index contributed by atoms with van der Waals surface area (Å²) >= 11 is 0. The van der Waals surface area contributed by atoms with Gasteiger partial charge in [0.05, 0.1) is 25.5 Å². The van der Waals surface area contributed by atoms with Gasteiger partial charge in [0, 0.05) is 38.3 Å². The fourth-order valence-electron chi connectivity index (χ4n) is 2.91. The van der Waals surface area contributed by atoms with Crippen molar-refractivity contribution in [2.24, 2.45) is 0 Å². The van der Waals surface area contributed by atoms with Crippen LogP contribution in [0.4, 0.5) is 0 Å². The Morgan fingerprint density at radius 3 is 2.59 bits per heavy atom. The third-order valence-corrected chi connectivity index (χ3v) is 4.34. The number of nitrogens with zero attached hydrogens (tertiary/aromatic N) is 3. The van der Waals surface area contributed by atoms with E-state index in [2.05, 4.69) is 10.1 Å². The zero-order valence-corrected chi connectivity index (χ0v) is 13.2. The largest absolute Gasteiger partial charge is 0.376 e. The second-order valence-electron chi connectivity index (χ2n) is 5.84. The van der Waals surface area contributed by atoms with E-state index in [-0.39, 0.29) is 5.91 Å². The molecule has 1 atom stereocenters. The lowest BCUT2D eigenvalue weighted by molar-refractivity contribution is -0.159. The summed E-state index contributed by atoms with van der Waals surface area (Å²) in [5.41, 5.74) is 2.10. The number of aryl methyl sites for hydroxylation is 2. The molecule has 1 aromatic rings. The van der Waals surface area contributed by atoms with E-state index in [1.165, 1.54) is 0 Å². The van der Waals surface area contributed by atoms with Crippen LogP contribution in [0.1, 0.15) is 17.0 Å². The molecular weight excluding hydrogens is 286 g/mol. The van der Waals surface area contributed by atoms with Crippen LogP contribution in [0.3, 0.4) is 0 Å². The number of aromatic nitrogens is 1. The van der Waals surface area contributed by atoms with E-state index in [0.717, 1.165) is 49.7 Å². The topological polar surface area (TPSA) is 68.0 Å². The fraction of sp³-hybridized carbons (Fsp3) is 0.733. The first-order chi connectivity index (χ1) is 10.6. The quantitative estimate of drug-likeness (QED) is 0.803. The molecule has 3 rings (SSSR count). The maximum Gasteiger partial charge on any atom is 0.254 e. The molecule has 1 amide bonds. The highest BCUT2D eigenvalue weighted by Crippen LogP contribution is 2.17. The number of hydrogen-bond acceptors (Lipinski definition) is 6. The molecule has 2 saturated heterocycles. The monoisotopic (exact) mass is 309 g/mol. The number of amides is 1. The SMILES string of the molecule is Cc1noc(C)c1CN1CCN(C(=O)[C@@H]2COCCO2)CC1. The van der Waals surface area contributed by atoms with Gasteiger partial charge in [-0.25, -0.2) is 0 Å². The second kappa shape index (κ2) is 6.76. The van der Waals surface area contributed by atoms with Crippen LogP contribution in [-0.2, 0) is 20.8 Å². The molecule has 0 radical (unpaired) electrons. The number of rotatable bonds is 3. The minimum atomic E-state index is -0.428. The van der Waals surface area contributed by atoms with Crippen molar-refractivity contribution >= 4 is 5.91 Å². The Kier molecular flexibility index (Phi) is 4.75. The fourth-order valence-corrected chi connectivity index (χ4v) is 2.91. The number of piperazine rings is 1. The standard InChI is InChI=1S/C15H23N3O4/c1-11-13(12(2)22-16-11)9-17-3-5-18(6-4-17)15(19)14-10-20-7-8-21-14/h14H,3-10H2,1-2H3/t14-/m0/s1. The predicted molar refractivity (Wildman–Crippen MR) is 78.4 cm³/mol. The lowest BCUT2D eigenvalue weighted by Gasteiger charge is -2.36. The van der Waals surface area contributed by atoms with E-state index in [4.69, 9.17) is 14.0 Å². The molecule has 2 aliphatic rings. The third-order valence-electron chi connectivity index (χ3n) is 4.34. The summed E-state index contributed by atoms with van der Waals surface area (Å²) in [6.45, 7) is 9.33. The molecule has 0 aliphatic carbocycles. The van der Waals surface area contributed by atoms with Crippen molar-refractivity contribution in [3.63, 3.8) is 0 Å². The summed E-state index contributed by atoms with van der Waals surface area (Å²) in [5.74, 6) is 0.931. The van der Waals surface area contributed by atoms with Gasteiger partial charge in [0.15, 0.2) is 6.10 Å². The lowest BCUT2D eigenvalue weighted by atomic mass is 10.1. The minimum Gasteiger partial charge on any atom is -0.376 e. The first kappa shape index (κ1) is 15.5. The van der Waals surface area contributed by atoms with Crippen LogP contribution < -0.4 is 0 Å². The highest BCUT2D eigenvalue weighted by molar-refractivity contribution is 5.81. The van der Waals surface area contributed by atoms with Crippen molar-refractivity contribution in [1.82, 2.24) is 15.0 Å². The molecule has 2 fully saturated rings. The van der Waals surface area contributed by atoms with Gasteiger partial charge in [0.25, 0.3) is 5.91 Å². The molecule has 3 heterocycles. The van der Waals surface area contributed by atoms with Crippen LogP contribution in [0.2, 0.25) is 0 Å². The maximum atomic E-state index is 12.4. The van der Waals surface area contributed by atoms with Crippen molar-refractivity contribution in [3.8, 4) is 0 Å². The van der Waals surface area contributed by atoms with Gasteiger partial charge in [-0.1, -0.05) is 5.16 Å². The zero-order valence-electron chi connectivity index (χ0n) is 13.2. The summed E-state index contributed by atoms with van der Waals surface area (Å²) in [6.07, 6.45) is -0.428. The van der Waals surface area contributed by atoms with Crippen LogP contribution >= 0.6 is 0 Å². The molecule has 122 valence electrons. The third kappa shape index (κ3) is 3.31. The Morgan fingerprint density at radius 1 is 1.23 bits per heavy atom. The van der Waals surface area contributed by atoms with Gasteiger partial charge >= 0.3 is 0 Å². The first-order valence-corrected chi connectivity index (χ1v) is 7.77. The smallest absolute Gasteiger partial charge is 0.254 e. The summed E-state index contributed by atoms with van der Waals surface area (Å²) in [6, 6.07) is 0. The molecule has 22 heavy (non-hydrogen) atoms. The highest BCUT2D eigenvalue weighted by atomic mass is 16.6. The molecule has 0 unspecified atom stereocenters. The van der Waals surface area contributed by atoms with Gasteiger partial charge in [0.2, 0.25) is 0 Å². The minimum absolute atomic E-state index is 0.0525. The van der Waals surface area contributed by atoms with Crippen LogP contribution in [0.5, 0.6) is 0 Å². The zero-order chi connectivity index (χ0) is 15.5. The molecule has 7 nitrogen and oxygen atoms in total. The number of hydrogen-bond donors (Lipinski definition) is 0. The molecular formula is C15H23N3O4. The van der Waals surface area contributed by atoms with E-state index >= 15 is 0 Å². The van der Waals surface area contributed by atoms with Gasteiger partial charge in [-0.3, -0.25) is 9.69 Å². The Bertz CT molecular complexity index is 497. The highest BCUT2D eigenvalue weighted by Gasteiger charge is 2.30. The van der Waals surface area contributed by atoms with Crippen molar-refractivity contribution in [3.05, 3.63) is 17.0 Å². The molecule has 1 aromatic heterocycles. The maximum absolute atomic E-state index is 12.4. The summed E-state index contributed by atoms with van der Waals surface area (Å²) < 4.78 is 16.0. The second-order valence-corrected chi connectivity index (χ2v) is 5.84. The Balaban J connectivity index is 1.51. The number of carbonyl (C=O) groups excluding carboxylic acids is 1. The first-order valence-electron chi connectivity index (χ1n) is 7.77. The predicted octanol–water partition coefficient (Wildman–Crippen LogP) is 0.351. The van der Waals surface area contributed by atoms with Gasteiger partial charge in [0.1, 0.15) is 5.76 Å². The normalized spacial score (nSPS) is 23.7. The molecule has 2 aliphatic heterocycles. The van der Waals surface area contributed by atoms with E-state index in [1.807, 2.05) is 18.7 Å². The van der Waals surface area contributed by atoms with Crippen molar-refractivity contribution in [2.75, 3.05) is 46.0 Å².